The van der Waals surface area contributed by atoms with E-state index in [9.17, 15) is 4.79 Å². The maximum Gasteiger partial charge on any atom is 0.252 e. The van der Waals surface area contributed by atoms with E-state index in [1.807, 2.05) is 23.6 Å². The van der Waals surface area contributed by atoms with Gasteiger partial charge in [-0.2, -0.15) is 11.3 Å². The van der Waals surface area contributed by atoms with E-state index in [-0.39, 0.29) is 5.91 Å². The van der Waals surface area contributed by atoms with E-state index in [0.29, 0.717) is 12.1 Å². The topological polar surface area (TPSA) is 45.2 Å². The maximum absolute atomic E-state index is 12.2. The fraction of sp³-hybridized carbons (Fsp3) is 0.444. The second-order valence-electron chi connectivity index (χ2n) is 5.96. The molecule has 122 valence electrons. The molecule has 0 radical (unpaired) electrons. The standard InChI is InChI=1S/C18H23N3OS/c22-18(19-8-11-21-9-3-1-2-4-10-21)15-5-6-17(20-13-15)16-7-12-23-14-16/h5-7,12-14H,1-4,8-11H2,(H,19,22). The molecule has 1 aliphatic rings. The van der Waals surface area contributed by atoms with Gasteiger partial charge in [0.2, 0.25) is 0 Å². The number of amides is 1. The molecule has 0 aromatic carbocycles. The molecule has 1 fully saturated rings. The van der Waals surface area contributed by atoms with Gasteiger partial charge in [0.25, 0.3) is 5.91 Å². The van der Waals surface area contributed by atoms with E-state index in [2.05, 4.69) is 20.6 Å². The van der Waals surface area contributed by atoms with E-state index >= 15 is 0 Å². The van der Waals surface area contributed by atoms with Gasteiger partial charge >= 0.3 is 0 Å². The number of nitrogens with zero attached hydrogens (tertiary/aromatic N) is 2. The van der Waals surface area contributed by atoms with Gasteiger partial charge in [0.05, 0.1) is 11.3 Å². The number of carbonyl (C=O) groups excluding carboxylic acids is 1. The first kappa shape index (κ1) is 16.1. The Kier molecular flexibility index (Phi) is 5.77. The molecule has 3 rings (SSSR count). The largest absolute Gasteiger partial charge is 0.351 e. The minimum absolute atomic E-state index is 0.0378. The van der Waals surface area contributed by atoms with Crippen molar-refractivity contribution < 1.29 is 4.79 Å². The van der Waals surface area contributed by atoms with Crippen LogP contribution in [0.15, 0.2) is 35.2 Å². The zero-order valence-corrected chi connectivity index (χ0v) is 14.1. The number of hydrogen-bond acceptors (Lipinski definition) is 4. The highest BCUT2D eigenvalue weighted by Crippen LogP contribution is 2.19. The number of pyridine rings is 1. The van der Waals surface area contributed by atoms with Gasteiger partial charge in [0, 0.05) is 30.2 Å². The van der Waals surface area contributed by atoms with E-state index in [4.69, 9.17) is 0 Å². The van der Waals surface area contributed by atoms with Gasteiger partial charge in [-0.3, -0.25) is 9.78 Å². The molecule has 0 unspecified atom stereocenters. The number of thiophene rings is 1. The molecule has 1 aliphatic heterocycles. The Morgan fingerprint density at radius 2 is 2.00 bits per heavy atom. The van der Waals surface area contributed by atoms with Crippen LogP contribution < -0.4 is 5.32 Å². The van der Waals surface area contributed by atoms with Crippen LogP contribution in [0, 0.1) is 0 Å². The van der Waals surface area contributed by atoms with Gasteiger partial charge in [0.1, 0.15) is 0 Å². The van der Waals surface area contributed by atoms with Crippen LogP contribution in [0.25, 0.3) is 11.3 Å². The lowest BCUT2D eigenvalue weighted by Gasteiger charge is -2.19. The predicted octanol–water partition coefficient (Wildman–Crippen LogP) is 3.42. The number of rotatable bonds is 5. The molecule has 1 amide bonds. The SMILES string of the molecule is O=C(NCCN1CCCCCC1)c1ccc(-c2ccsc2)nc1. The van der Waals surface area contributed by atoms with Crippen molar-refractivity contribution in [1.29, 1.82) is 0 Å². The molecule has 0 bridgehead atoms. The molecule has 0 aliphatic carbocycles. The van der Waals surface area contributed by atoms with Crippen molar-refractivity contribution in [2.24, 2.45) is 0 Å². The van der Waals surface area contributed by atoms with Crippen molar-refractivity contribution in [2.75, 3.05) is 26.2 Å². The van der Waals surface area contributed by atoms with Crippen molar-refractivity contribution in [2.45, 2.75) is 25.7 Å². The smallest absolute Gasteiger partial charge is 0.252 e. The summed E-state index contributed by atoms with van der Waals surface area (Å²) in [5.74, 6) is -0.0378. The molecule has 0 spiro atoms. The molecule has 2 aromatic heterocycles. The molecule has 23 heavy (non-hydrogen) atoms. The van der Waals surface area contributed by atoms with E-state index in [0.717, 1.165) is 30.9 Å². The quantitative estimate of drug-likeness (QED) is 0.914. The van der Waals surface area contributed by atoms with E-state index in [1.54, 1.807) is 17.5 Å². The number of aromatic nitrogens is 1. The molecule has 1 N–H and O–H groups in total. The normalized spacial score (nSPS) is 16.0. The third kappa shape index (κ3) is 4.62. The van der Waals surface area contributed by atoms with Crippen LogP contribution in [0.3, 0.4) is 0 Å². The fourth-order valence-corrected chi connectivity index (χ4v) is 3.55. The zero-order chi connectivity index (χ0) is 15.9. The summed E-state index contributed by atoms with van der Waals surface area (Å²) in [6, 6.07) is 5.79. The maximum atomic E-state index is 12.2. The molecule has 1 saturated heterocycles. The van der Waals surface area contributed by atoms with Crippen molar-refractivity contribution >= 4 is 17.2 Å². The van der Waals surface area contributed by atoms with Gasteiger partial charge in [-0.1, -0.05) is 12.8 Å². The van der Waals surface area contributed by atoms with Crippen LogP contribution in [0.2, 0.25) is 0 Å². The Morgan fingerprint density at radius 1 is 1.17 bits per heavy atom. The Labute approximate surface area is 141 Å². The molecule has 2 aromatic rings. The number of nitrogens with one attached hydrogen (secondary N) is 1. The minimum Gasteiger partial charge on any atom is -0.351 e. The molecule has 5 heteroatoms. The van der Waals surface area contributed by atoms with Crippen molar-refractivity contribution in [3.8, 4) is 11.3 Å². The van der Waals surface area contributed by atoms with Crippen LogP contribution in [-0.2, 0) is 0 Å². The summed E-state index contributed by atoms with van der Waals surface area (Å²) in [5, 5.41) is 7.09. The van der Waals surface area contributed by atoms with Gasteiger partial charge in [0.15, 0.2) is 0 Å². The summed E-state index contributed by atoms with van der Waals surface area (Å²) >= 11 is 1.65. The Hall–Kier alpha value is -1.72. The number of likely N-dealkylation sites (tertiary alicyclic amines) is 1. The van der Waals surface area contributed by atoms with Crippen LogP contribution in [0.4, 0.5) is 0 Å². The second kappa shape index (κ2) is 8.22. The van der Waals surface area contributed by atoms with Gasteiger partial charge in [-0.15, -0.1) is 0 Å². The first-order valence-corrected chi connectivity index (χ1v) is 9.26. The lowest BCUT2D eigenvalue weighted by Crippen LogP contribution is -2.35. The molecule has 4 nitrogen and oxygen atoms in total. The highest BCUT2D eigenvalue weighted by molar-refractivity contribution is 7.08. The van der Waals surface area contributed by atoms with E-state index < -0.39 is 0 Å². The molecular weight excluding hydrogens is 306 g/mol. The number of hydrogen-bond donors (Lipinski definition) is 1. The fourth-order valence-electron chi connectivity index (χ4n) is 2.90. The zero-order valence-electron chi connectivity index (χ0n) is 13.3. The second-order valence-corrected chi connectivity index (χ2v) is 6.74. The molecule has 0 atom stereocenters. The summed E-state index contributed by atoms with van der Waals surface area (Å²) in [5.41, 5.74) is 2.63. The van der Waals surface area contributed by atoms with Crippen molar-refractivity contribution in [3.63, 3.8) is 0 Å². The van der Waals surface area contributed by atoms with E-state index in [1.165, 1.54) is 25.7 Å². The summed E-state index contributed by atoms with van der Waals surface area (Å²) in [6.07, 6.45) is 6.90. The van der Waals surface area contributed by atoms with Crippen LogP contribution >= 0.6 is 11.3 Å². The van der Waals surface area contributed by atoms with Crippen molar-refractivity contribution in [1.82, 2.24) is 15.2 Å². The Morgan fingerprint density at radius 3 is 2.65 bits per heavy atom. The summed E-state index contributed by atoms with van der Waals surface area (Å²) in [4.78, 5) is 19.0. The molecule has 3 heterocycles. The predicted molar refractivity (Wildman–Crippen MR) is 94.8 cm³/mol. The highest BCUT2D eigenvalue weighted by atomic mass is 32.1. The summed E-state index contributed by atoms with van der Waals surface area (Å²) in [7, 11) is 0. The summed E-state index contributed by atoms with van der Waals surface area (Å²) in [6.45, 7) is 3.96. The van der Waals surface area contributed by atoms with Gasteiger partial charge in [-0.05, 0) is 49.5 Å². The van der Waals surface area contributed by atoms with Crippen LogP contribution in [0.5, 0.6) is 0 Å². The lowest BCUT2D eigenvalue weighted by atomic mass is 10.2. The average Bonchev–Trinajstić information content (AvgIpc) is 3.00. The van der Waals surface area contributed by atoms with Gasteiger partial charge in [-0.25, -0.2) is 0 Å². The van der Waals surface area contributed by atoms with Gasteiger partial charge < -0.3 is 10.2 Å². The Balaban J connectivity index is 1.48. The van der Waals surface area contributed by atoms with Crippen molar-refractivity contribution in [3.05, 3.63) is 40.7 Å². The molecule has 0 saturated carbocycles. The Bertz CT molecular complexity index is 602. The minimum atomic E-state index is -0.0378. The monoisotopic (exact) mass is 329 g/mol. The van der Waals surface area contributed by atoms with Crippen LogP contribution in [0.1, 0.15) is 36.0 Å². The lowest BCUT2D eigenvalue weighted by molar-refractivity contribution is 0.0948. The first-order chi connectivity index (χ1) is 11.3. The van der Waals surface area contributed by atoms with Crippen LogP contribution in [-0.4, -0.2) is 42.0 Å². The third-order valence-corrected chi connectivity index (χ3v) is 4.94. The average molecular weight is 329 g/mol. The molecular formula is C18H23N3OS. The third-order valence-electron chi connectivity index (χ3n) is 4.25. The number of carbonyl (C=O) groups is 1. The summed E-state index contributed by atoms with van der Waals surface area (Å²) < 4.78 is 0. The highest BCUT2D eigenvalue weighted by Gasteiger charge is 2.10. The first-order valence-electron chi connectivity index (χ1n) is 8.32.